The van der Waals surface area contributed by atoms with Gasteiger partial charge in [-0.2, -0.15) is 0 Å². The number of nitrogens with zero attached hydrogens (tertiary/aromatic N) is 1. The molecule has 0 radical (unpaired) electrons. The summed E-state index contributed by atoms with van der Waals surface area (Å²) < 4.78 is 14.6. The lowest BCUT2D eigenvalue weighted by Crippen LogP contribution is -2.44. The summed E-state index contributed by atoms with van der Waals surface area (Å²) in [7, 11) is 1.70. The second kappa shape index (κ2) is 6.74. The Bertz CT molecular complexity index is 335. The Balaban J connectivity index is 4.93. The van der Waals surface area contributed by atoms with Gasteiger partial charge in [-0.3, -0.25) is 0 Å². The topological polar surface area (TPSA) is 23.5 Å². The average Bonchev–Trinajstić information content (AvgIpc) is 2.20. The van der Waals surface area contributed by atoms with E-state index in [0.717, 1.165) is 5.70 Å². The SMILES string of the molecule is C\C=C/C=C\C(=C/C)N(C)C(C)(F)CC(C)(C)O. The van der Waals surface area contributed by atoms with E-state index in [0.29, 0.717) is 0 Å². The van der Waals surface area contributed by atoms with Crippen molar-refractivity contribution < 1.29 is 9.50 Å². The molecule has 0 aliphatic heterocycles. The van der Waals surface area contributed by atoms with Crippen molar-refractivity contribution in [1.82, 2.24) is 4.90 Å². The first kappa shape index (κ1) is 16.9. The number of likely N-dealkylation sites (N-methyl/N-ethyl adjacent to an activating group) is 1. The number of hydrogen-bond acceptors (Lipinski definition) is 2. The third kappa shape index (κ3) is 6.01. The average molecular weight is 255 g/mol. The lowest BCUT2D eigenvalue weighted by Gasteiger charge is -2.37. The van der Waals surface area contributed by atoms with Crippen LogP contribution in [0, 0.1) is 0 Å². The molecular weight excluding hydrogens is 229 g/mol. The maximum absolute atomic E-state index is 14.6. The summed E-state index contributed by atoms with van der Waals surface area (Å²) in [5.74, 6) is -1.60. The molecule has 18 heavy (non-hydrogen) atoms. The minimum absolute atomic E-state index is 0.0469. The van der Waals surface area contributed by atoms with Crippen LogP contribution in [0.2, 0.25) is 0 Å². The van der Waals surface area contributed by atoms with E-state index in [2.05, 4.69) is 0 Å². The molecule has 1 N–H and O–H groups in total. The quantitative estimate of drug-likeness (QED) is 0.576. The Morgan fingerprint density at radius 2 is 1.78 bits per heavy atom. The van der Waals surface area contributed by atoms with Gasteiger partial charge in [-0.05, 0) is 40.7 Å². The van der Waals surface area contributed by atoms with Gasteiger partial charge in [-0.15, -0.1) is 0 Å². The summed E-state index contributed by atoms with van der Waals surface area (Å²) in [6.45, 7) is 8.51. The normalized spacial score (nSPS) is 17.4. The predicted molar refractivity (Wildman–Crippen MR) is 75.9 cm³/mol. The number of hydrogen-bond donors (Lipinski definition) is 1. The summed E-state index contributed by atoms with van der Waals surface area (Å²) in [5.41, 5.74) is -0.258. The smallest absolute Gasteiger partial charge is 0.182 e. The van der Waals surface area contributed by atoms with Crippen LogP contribution in [0.3, 0.4) is 0 Å². The van der Waals surface area contributed by atoms with Crippen LogP contribution in [0.15, 0.2) is 36.1 Å². The molecule has 2 nitrogen and oxygen atoms in total. The lowest BCUT2D eigenvalue weighted by molar-refractivity contribution is -0.0528. The van der Waals surface area contributed by atoms with Gasteiger partial charge >= 0.3 is 0 Å². The minimum Gasteiger partial charge on any atom is -0.390 e. The zero-order valence-corrected chi connectivity index (χ0v) is 12.4. The van der Waals surface area contributed by atoms with Crippen molar-refractivity contribution in [2.45, 2.75) is 52.4 Å². The van der Waals surface area contributed by atoms with Crippen molar-refractivity contribution in [3.05, 3.63) is 36.1 Å². The molecule has 0 aliphatic rings. The Morgan fingerprint density at radius 3 is 2.17 bits per heavy atom. The van der Waals surface area contributed by atoms with E-state index in [1.807, 2.05) is 44.2 Å². The third-order valence-electron chi connectivity index (χ3n) is 2.71. The van der Waals surface area contributed by atoms with Crippen LogP contribution in [0.25, 0.3) is 0 Å². The summed E-state index contributed by atoms with van der Waals surface area (Å²) in [6, 6.07) is 0. The highest BCUT2D eigenvalue weighted by atomic mass is 19.1. The zero-order chi connectivity index (χ0) is 14.4. The van der Waals surface area contributed by atoms with Gasteiger partial charge in [0.05, 0.1) is 5.60 Å². The number of allylic oxidation sites excluding steroid dienone is 5. The summed E-state index contributed by atoms with van der Waals surface area (Å²) in [5, 5.41) is 9.76. The van der Waals surface area contributed by atoms with Crippen LogP contribution in [0.4, 0.5) is 4.39 Å². The van der Waals surface area contributed by atoms with E-state index in [1.165, 1.54) is 6.92 Å². The fourth-order valence-corrected chi connectivity index (χ4v) is 1.84. The van der Waals surface area contributed by atoms with Gasteiger partial charge in [-0.1, -0.05) is 24.3 Å². The molecule has 1 unspecified atom stereocenters. The maximum Gasteiger partial charge on any atom is 0.182 e. The van der Waals surface area contributed by atoms with E-state index < -0.39 is 11.4 Å². The van der Waals surface area contributed by atoms with E-state index in [-0.39, 0.29) is 6.42 Å². The summed E-state index contributed by atoms with van der Waals surface area (Å²) >= 11 is 0. The molecular formula is C15H26FNO. The van der Waals surface area contributed by atoms with Crippen LogP contribution in [-0.4, -0.2) is 28.4 Å². The number of halogens is 1. The molecule has 0 saturated heterocycles. The van der Waals surface area contributed by atoms with Crippen LogP contribution < -0.4 is 0 Å². The summed E-state index contributed by atoms with van der Waals surface area (Å²) in [4.78, 5) is 1.55. The molecule has 0 aromatic carbocycles. The van der Waals surface area contributed by atoms with Crippen molar-refractivity contribution >= 4 is 0 Å². The number of rotatable bonds is 6. The van der Waals surface area contributed by atoms with Crippen molar-refractivity contribution in [2.24, 2.45) is 0 Å². The van der Waals surface area contributed by atoms with E-state index in [4.69, 9.17) is 0 Å². The lowest BCUT2D eigenvalue weighted by atomic mass is 9.97. The predicted octanol–water partition coefficient (Wildman–Crippen LogP) is 3.80. The highest BCUT2D eigenvalue weighted by Crippen LogP contribution is 2.29. The van der Waals surface area contributed by atoms with Gasteiger partial charge in [-0.25, -0.2) is 4.39 Å². The standard InChI is InChI=1S/C15H26FNO/c1-7-9-10-11-13(8-2)17(6)15(5,16)12-14(3,4)18/h7-11,18H,12H2,1-6H3/b9-7-,11-10-,13-8+. The molecule has 0 bridgehead atoms. The largest absolute Gasteiger partial charge is 0.390 e. The highest BCUT2D eigenvalue weighted by Gasteiger charge is 2.35. The molecule has 0 spiro atoms. The van der Waals surface area contributed by atoms with Crippen molar-refractivity contribution in [2.75, 3.05) is 7.05 Å². The van der Waals surface area contributed by atoms with Crippen molar-refractivity contribution in [3.8, 4) is 0 Å². The molecule has 0 rings (SSSR count). The van der Waals surface area contributed by atoms with Crippen LogP contribution in [0.1, 0.15) is 41.0 Å². The fourth-order valence-electron chi connectivity index (χ4n) is 1.84. The first-order chi connectivity index (χ1) is 8.14. The monoisotopic (exact) mass is 255 g/mol. The Morgan fingerprint density at radius 1 is 1.22 bits per heavy atom. The van der Waals surface area contributed by atoms with Crippen LogP contribution in [-0.2, 0) is 0 Å². The first-order valence-electron chi connectivity index (χ1n) is 6.25. The van der Waals surface area contributed by atoms with Gasteiger partial charge in [0.1, 0.15) is 0 Å². The second-order valence-corrected chi connectivity index (χ2v) is 5.29. The fraction of sp³-hybridized carbons (Fsp3) is 0.600. The number of aliphatic hydroxyl groups is 1. The molecule has 0 aromatic heterocycles. The summed E-state index contributed by atoms with van der Waals surface area (Å²) in [6.07, 6.45) is 9.42. The Labute approximate surface area is 110 Å². The van der Waals surface area contributed by atoms with E-state index >= 15 is 0 Å². The molecule has 0 aromatic rings. The molecule has 0 aliphatic carbocycles. The van der Waals surface area contributed by atoms with Crippen molar-refractivity contribution in [1.29, 1.82) is 0 Å². The van der Waals surface area contributed by atoms with Crippen molar-refractivity contribution in [3.63, 3.8) is 0 Å². The maximum atomic E-state index is 14.6. The van der Waals surface area contributed by atoms with Gasteiger partial charge in [0.2, 0.25) is 0 Å². The van der Waals surface area contributed by atoms with Gasteiger partial charge in [0.15, 0.2) is 5.79 Å². The molecule has 0 saturated carbocycles. The molecule has 1 atom stereocenters. The van der Waals surface area contributed by atoms with Gasteiger partial charge < -0.3 is 10.0 Å². The van der Waals surface area contributed by atoms with E-state index in [1.54, 1.807) is 25.8 Å². The molecule has 0 heterocycles. The van der Waals surface area contributed by atoms with Gasteiger partial charge in [0, 0.05) is 19.2 Å². The van der Waals surface area contributed by atoms with Crippen LogP contribution >= 0.6 is 0 Å². The second-order valence-electron chi connectivity index (χ2n) is 5.29. The van der Waals surface area contributed by atoms with E-state index in [9.17, 15) is 9.50 Å². The van der Waals surface area contributed by atoms with Crippen LogP contribution in [0.5, 0.6) is 0 Å². The molecule has 0 amide bonds. The third-order valence-corrected chi connectivity index (χ3v) is 2.71. The molecule has 3 heteroatoms. The molecule has 104 valence electrons. The zero-order valence-electron chi connectivity index (χ0n) is 12.4. The first-order valence-corrected chi connectivity index (χ1v) is 6.25. The molecule has 0 fully saturated rings. The Hall–Kier alpha value is -1.09. The Kier molecular flexibility index (Phi) is 6.33. The number of alkyl halides is 1. The van der Waals surface area contributed by atoms with Gasteiger partial charge in [0.25, 0.3) is 0 Å². The highest BCUT2D eigenvalue weighted by molar-refractivity contribution is 5.21. The minimum atomic E-state index is -1.60.